The van der Waals surface area contributed by atoms with Crippen molar-refractivity contribution in [1.29, 1.82) is 0 Å². The first kappa shape index (κ1) is 15.6. The van der Waals surface area contributed by atoms with Crippen molar-refractivity contribution in [3.8, 4) is 5.75 Å². The number of rotatable bonds is 4. The van der Waals surface area contributed by atoms with Gasteiger partial charge in [0.25, 0.3) is 0 Å². The molecule has 0 saturated carbocycles. The highest BCUT2D eigenvalue weighted by Gasteiger charge is 2.24. The molecule has 0 aliphatic heterocycles. The Bertz CT molecular complexity index is 556. The SMILES string of the molecule is CCOC(=O)C(Oc1cccc2c1C(O)CCC2)=C(C)C. The number of aliphatic hydroxyl groups excluding tert-OH is 1. The van der Waals surface area contributed by atoms with Crippen LogP contribution in [0.1, 0.15) is 50.8 Å². The van der Waals surface area contributed by atoms with Crippen LogP contribution in [0.4, 0.5) is 0 Å². The lowest BCUT2D eigenvalue weighted by atomic mass is 9.89. The third kappa shape index (κ3) is 3.45. The standard InChI is InChI=1S/C17H22O4/c1-4-20-17(19)16(11(2)3)21-14-10-6-8-12-7-5-9-13(18)15(12)14/h6,8,10,13,18H,4-5,7,9H2,1-3H3. The average Bonchev–Trinajstić information content (AvgIpc) is 2.44. The number of ether oxygens (including phenoxy) is 2. The molecule has 0 spiro atoms. The van der Waals surface area contributed by atoms with Gasteiger partial charge in [0.2, 0.25) is 5.76 Å². The van der Waals surface area contributed by atoms with E-state index in [-0.39, 0.29) is 5.76 Å². The van der Waals surface area contributed by atoms with Crippen LogP contribution < -0.4 is 4.74 Å². The molecule has 0 amide bonds. The normalized spacial score (nSPS) is 16.9. The summed E-state index contributed by atoms with van der Waals surface area (Å²) in [5.41, 5.74) is 2.63. The molecule has 0 bridgehead atoms. The van der Waals surface area contributed by atoms with Gasteiger partial charge in [0.1, 0.15) is 5.75 Å². The van der Waals surface area contributed by atoms with Crippen LogP contribution in [-0.2, 0) is 16.0 Å². The van der Waals surface area contributed by atoms with Crippen LogP contribution in [0.5, 0.6) is 5.75 Å². The summed E-state index contributed by atoms with van der Waals surface area (Å²) in [7, 11) is 0. The molecule has 0 aromatic heterocycles. The fourth-order valence-electron chi connectivity index (χ4n) is 2.56. The topological polar surface area (TPSA) is 55.8 Å². The van der Waals surface area contributed by atoms with E-state index in [1.54, 1.807) is 26.8 Å². The Kier molecular flexibility index (Phi) is 5.02. The smallest absolute Gasteiger partial charge is 0.374 e. The summed E-state index contributed by atoms with van der Waals surface area (Å²) in [5.74, 6) is 0.271. The maximum atomic E-state index is 12.0. The molecule has 2 rings (SSSR count). The molecule has 1 atom stereocenters. The van der Waals surface area contributed by atoms with E-state index in [1.807, 2.05) is 12.1 Å². The first-order valence-corrected chi connectivity index (χ1v) is 7.36. The predicted molar refractivity (Wildman–Crippen MR) is 80.0 cm³/mol. The quantitative estimate of drug-likeness (QED) is 0.525. The minimum absolute atomic E-state index is 0.197. The maximum Gasteiger partial charge on any atom is 0.374 e. The van der Waals surface area contributed by atoms with Gasteiger partial charge in [-0.1, -0.05) is 12.1 Å². The molecule has 21 heavy (non-hydrogen) atoms. The number of allylic oxidation sites excluding steroid dienone is 1. The Morgan fingerprint density at radius 1 is 1.38 bits per heavy atom. The Labute approximate surface area is 125 Å². The van der Waals surface area contributed by atoms with Crippen molar-refractivity contribution in [2.45, 2.75) is 46.1 Å². The number of aliphatic hydroxyl groups is 1. The van der Waals surface area contributed by atoms with Gasteiger partial charge < -0.3 is 14.6 Å². The second-order valence-corrected chi connectivity index (χ2v) is 5.39. The van der Waals surface area contributed by atoms with Crippen LogP contribution in [0.15, 0.2) is 29.5 Å². The number of hydrogen-bond donors (Lipinski definition) is 1. The van der Waals surface area contributed by atoms with E-state index in [0.717, 1.165) is 36.0 Å². The summed E-state index contributed by atoms with van der Waals surface area (Å²) >= 11 is 0. The summed E-state index contributed by atoms with van der Waals surface area (Å²) in [5, 5.41) is 10.2. The fourth-order valence-corrected chi connectivity index (χ4v) is 2.56. The van der Waals surface area contributed by atoms with Crippen LogP contribution in [0.25, 0.3) is 0 Å². The second-order valence-electron chi connectivity index (χ2n) is 5.39. The summed E-state index contributed by atoms with van der Waals surface area (Å²) in [4.78, 5) is 12.0. The van der Waals surface area contributed by atoms with Crippen molar-refractivity contribution in [2.75, 3.05) is 6.61 Å². The molecule has 114 valence electrons. The van der Waals surface area contributed by atoms with Crippen LogP contribution in [-0.4, -0.2) is 17.7 Å². The highest BCUT2D eigenvalue weighted by molar-refractivity contribution is 5.87. The monoisotopic (exact) mass is 290 g/mol. The minimum atomic E-state index is -0.537. The van der Waals surface area contributed by atoms with E-state index >= 15 is 0 Å². The Morgan fingerprint density at radius 2 is 2.14 bits per heavy atom. The summed E-state index contributed by atoms with van der Waals surface area (Å²) in [6, 6.07) is 5.67. The summed E-state index contributed by atoms with van der Waals surface area (Å²) < 4.78 is 10.8. The molecule has 1 aliphatic carbocycles. The van der Waals surface area contributed by atoms with E-state index in [9.17, 15) is 9.90 Å². The number of benzene rings is 1. The van der Waals surface area contributed by atoms with Crippen molar-refractivity contribution in [3.05, 3.63) is 40.7 Å². The van der Waals surface area contributed by atoms with E-state index in [4.69, 9.17) is 9.47 Å². The van der Waals surface area contributed by atoms with Gasteiger partial charge in [0, 0.05) is 5.56 Å². The number of esters is 1. The van der Waals surface area contributed by atoms with Gasteiger partial charge in [-0.3, -0.25) is 0 Å². The van der Waals surface area contributed by atoms with Crippen LogP contribution in [0, 0.1) is 0 Å². The summed E-state index contributed by atoms with van der Waals surface area (Å²) in [6.07, 6.45) is 2.07. The van der Waals surface area contributed by atoms with E-state index in [0.29, 0.717) is 12.4 Å². The molecule has 1 aromatic rings. The van der Waals surface area contributed by atoms with Gasteiger partial charge in [0.05, 0.1) is 12.7 Å². The Morgan fingerprint density at radius 3 is 2.81 bits per heavy atom. The minimum Gasteiger partial charge on any atom is -0.460 e. The lowest BCUT2D eigenvalue weighted by molar-refractivity contribution is -0.141. The van der Waals surface area contributed by atoms with Crippen molar-refractivity contribution in [3.63, 3.8) is 0 Å². The lowest BCUT2D eigenvalue weighted by Crippen LogP contribution is -2.17. The van der Waals surface area contributed by atoms with Crippen molar-refractivity contribution < 1.29 is 19.4 Å². The maximum absolute atomic E-state index is 12.0. The molecular formula is C17H22O4. The number of fused-ring (bicyclic) bond motifs is 1. The van der Waals surface area contributed by atoms with Gasteiger partial charge >= 0.3 is 5.97 Å². The molecule has 4 nitrogen and oxygen atoms in total. The molecule has 1 aromatic carbocycles. The zero-order valence-electron chi connectivity index (χ0n) is 12.8. The third-order valence-corrected chi connectivity index (χ3v) is 3.54. The molecule has 0 heterocycles. The first-order valence-electron chi connectivity index (χ1n) is 7.36. The predicted octanol–water partition coefficient (Wildman–Crippen LogP) is 3.29. The van der Waals surface area contributed by atoms with Crippen LogP contribution in [0.3, 0.4) is 0 Å². The van der Waals surface area contributed by atoms with Gasteiger partial charge in [-0.15, -0.1) is 0 Å². The van der Waals surface area contributed by atoms with Crippen LogP contribution in [0.2, 0.25) is 0 Å². The zero-order chi connectivity index (χ0) is 15.4. The second kappa shape index (κ2) is 6.76. The van der Waals surface area contributed by atoms with E-state index in [2.05, 4.69) is 0 Å². The lowest BCUT2D eigenvalue weighted by Gasteiger charge is -2.24. The molecule has 0 fully saturated rings. The summed E-state index contributed by atoms with van der Waals surface area (Å²) in [6.45, 7) is 5.67. The fraction of sp³-hybridized carbons (Fsp3) is 0.471. The zero-order valence-corrected chi connectivity index (χ0v) is 12.8. The largest absolute Gasteiger partial charge is 0.460 e. The van der Waals surface area contributed by atoms with Crippen molar-refractivity contribution in [1.82, 2.24) is 0 Å². The molecule has 1 N–H and O–H groups in total. The molecule has 1 unspecified atom stereocenters. The van der Waals surface area contributed by atoms with Gasteiger partial charge in [-0.2, -0.15) is 0 Å². The van der Waals surface area contributed by atoms with E-state index < -0.39 is 12.1 Å². The van der Waals surface area contributed by atoms with Gasteiger partial charge in [-0.25, -0.2) is 4.79 Å². The Hall–Kier alpha value is -1.81. The van der Waals surface area contributed by atoms with E-state index in [1.165, 1.54) is 0 Å². The average molecular weight is 290 g/mol. The number of hydrogen-bond acceptors (Lipinski definition) is 4. The van der Waals surface area contributed by atoms with Crippen LogP contribution >= 0.6 is 0 Å². The van der Waals surface area contributed by atoms with Gasteiger partial charge in [-0.05, 0) is 57.2 Å². The molecule has 1 aliphatic rings. The molecule has 0 saturated heterocycles. The Balaban J connectivity index is 2.35. The molecular weight excluding hydrogens is 268 g/mol. The van der Waals surface area contributed by atoms with Crippen molar-refractivity contribution in [2.24, 2.45) is 0 Å². The number of aryl methyl sites for hydroxylation is 1. The highest BCUT2D eigenvalue weighted by Crippen LogP contribution is 2.37. The number of carbonyl (C=O) groups is 1. The molecule has 0 radical (unpaired) electrons. The highest BCUT2D eigenvalue weighted by atomic mass is 16.6. The molecule has 4 heteroatoms. The third-order valence-electron chi connectivity index (χ3n) is 3.54. The number of carbonyl (C=O) groups excluding carboxylic acids is 1. The van der Waals surface area contributed by atoms with Gasteiger partial charge in [0.15, 0.2) is 0 Å². The van der Waals surface area contributed by atoms with Crippen molar-refractivity contribution >= 4 is 5.97 Å². The first-order chi connectivity index (χ1) is 10.0.